The summed E-state index contributed by atoms with van der Waals surface area (Å²) in [6.45, 7) is 0.139. The van der Waals surface area contributed by atoms with Crippen LogP contribution in [0.3, 0.4) is 0 Å². The van der Waals surface area contributed by atoms with Crippen LogP contribution < -0.4 is 19.7 Å². The number of ether oxygens (including phenoxy) is 2. The van der Waals surface area contributed by atoms with E-state index in [1.54, 1.807) is 49.4 Å². The summed E-state index contributed by atoms with van der Waals surface area (Å²) in [5, 5.41) is 2.79. The minimum Gasteiger partial charge on any atom is -0.493 e. The van der Waals surface area contributed by atoms with Crippen molar-refractivity contribution in [1.29, 1.82) is 0 Å². The van der Waals surface area contributed by atoms with Gasteiger partial charge in [-0.3, -0.25) is 4.79 Å². The van der Waals surface area contributed by atoms with Gasteiger partial charge < -0.3 is 19.7 Å². The second-order valence-electron chi connectivity index (χ2n) is 4.95. The van der Waals surface area contributed by atoms with E-state index in [1.165, 1.54) is 19.2 Å². The van der Waals surface area contributed by atoms with E-state index < -0.39 is 0 Å². The first-order chi connectivity index (χ1) is 11.0. The maximum Gasteiger partial charge on any atom is 0.243 e. The lowest BCUT2D eigenvalue weighted by atomic mass is 10.2. The number of methoxy groups -OCH3 is 2. The molecular formula is C17H19FN2O3. The van der Waals surface area contributed by atoms with Crippen molar-refractivity contribution in [3.8, 4) is 11.5 Å². The number of amides is 1. The number of carbonyl (C=O) groups is 1. The van der Waals surface area contributed by atoms with Gasteiger partial charge in [0.15, 0.2) is 11.5 Å². The molecule has 0 aromatic heterocycles. The quantitative estimate of drug-likeness (QED) is 0.890. The predicted octanol–water partition coefficient (Wildman–Crippen LogP) is 2.92. The van der Waals surface area contributed by atoms with Crippen LogP contribution in [0.1, 0.15) is 0 Å². The van der Waals surface area contributed by atoms with Crippen molar-refractivity contribution in [3.05, 3.63) is 48.3 Å². The zero-order valence-electron chi connectivity index (χ0n) is 13.3. The number of hydrogen-bond acceptors (Lipinski definition) is 4. The molecule has 0 radical (unpaired) electrons. The Bertz CT molecular complexity index is 674. The zero-order chi connectivity index (χ0) is 16.8. The molecule has 23 heavy (non-hydrogen) atoms. The van der Waals surface area contributed by atoms with E-state index in [0.29, 0.717) is 17.2 Å². The highest BCUT2D eigenvalue weighted by molar-refractivity contribution is 5.94. The third-order valence-corrected chi connectivity index (χ3v) is 3.32. The average Bonchev–Trinajstić information content (AvgIpc) is 2.55. The van der Waals surface area contributed by atoms with Crippen molar-refractivity contribution in [3.63, 3.8) is 0 Å². The van der Waals surface area contributed by atoms with E-state index in [4.69, 9.17) is 9.47 Å². The Morgan fingerprint density at radius 2 is 1.74 bits per heavy atom. The van der Waals surface area contributed by atoms with E-state index in [0.717, 1.165) is 5.69 Å². The summed E-state index contributed by atoms with van der Waals surface area (Å²) in [4.78, 5) is 13.8. The number of rotatable bonds is 6. The number of benzene rings is 2. The molecule has 6 heteroatoms. The van der Waals surface area contributed by atoms with Crippen LogP contribution >= 0.6 is 0 Å². The molecule has 0 aliphatic rings. The van der Waals surface area contributed by atoms with E-state index in [-0.39, 0.29) is 18.3 Å². The van der Waals surface area contributed by atoms with Crippen molar-refractivity contribution in [2.75, 3.05) is 38.0 Å². The van der Waals surface area contributed by atoms with E-state index in [2.05, 4.69) is 5.32 Å². The second-order valence-corrected chi connectivity index (χ2v) is 4.95. The lowest BCUT2D eigenvalue weighted by molar-refractivity contribution is -0.114. The smallest absolute Gasteiger partial charge is 0.243 e. The number of nitrogens with zero attached hydrogens (tertiary/aromatic N) is 1. The number of halogens is 1. The van der Waals surface area contributed by atoms with Crippen LogP contribution in [-0.4, -0.2) is 33.7 Å². The number of hydrogen-bond donors (Lipinski definition) is 1. The first kappa shape index (κ1) is 16.6. The van der Waals surface area contributed by atoms with Crippen molar-refractivity contribution < 1.29 is 18.7 Å². The molecule has 0 unspecified atom stereocenters. The summed E-state index contributed by atoms with van der Waals surface area (Å²) in [7, 11) is 4.85. The van der Waals surface area contributed by atoms with Crippen molar-refractivity contribution in [1.82, 2.24) is 0 Å². The van der Waals surface area contributed by atoms with E-state index in [1.807, 2.05) is 0 Å². The topological polar surface area (TPSA) is 50.8 Å². The summed E-state index contributed by atoms with van der Waals surface area (Å²) in [5.74, 6) is 0.632. The second kappa shape index (κ2) is 7.49. The van der Waals surface area contributed by atoms with Gasteiger partial charge in [0.25, 0.3) is 0 Å². The predicted molar refractivity (Wildman–Crippen MR) is 87.8 cm³/mol. The van der Waals surface area contributed by atoms with Crippen LogP contribution in [0.15, 0.2) is 42.5 Å². The van der Waals surface area contributed by atoms with Gasteiger partial charge in [-0.1, -0.05) is 0 Å². The largest absolute Gasteiger partial charge is 0.493 e. The SMILES string of the molecule is COc1ccc(NC(=O)CN(C)c2ccc(F)cc2)cc1OC. The molecule has 2 aromatic carbocycles. The first-order valence-electron chi connectivity index (χ1n) is 7.02. The standard InChI is InChI=1S/C17H19FN2O3/c1-20(14-7-4-12(18)5-8-14)11-17(21)19-13-6-9-15(22-2)16(10-13)23-3/h4-10H,11H2,1-3H3,(H,19,21). The maximum atomic E-state index is 12.9. The number of likely N-dealkylation sites (N-methyl/N-ethyl adjacent to an activating group) is 1. The van der Waals surface area contributed by atoms with Gasteiger partial charge in [0.2, 0.25) is 5.91 Å². The molecule has 2 rings (SSSR count). The van der Waals surface area contributed by atoms with Crippen LogP contribution in [0, 0.1) is 5.82 Å². The molecule has 0 atom stereocenters. The number of anilines is 2. The Morgan fingerprint density at radius 3 is 2.35 bits per heavy atom. The fourth-order valence-corrected chi connectivity index (χ4v) is 2.12. The Labute approximate surface area is 134 Å². The fourth-order valence-electron chi connectivity index (χ4n) is 2.12. The van der Waals surface area contributed by atoms with Gasteiger partial charge in [0.1, 0.15) is 5.82 Å². The molecule has 0 aliphatic carbocycles. The van der Waals surface area contributed by atoms with Gasteiger partial charge in [0.05, 0.1) is 20.8 Å². The number of carbonyl (C=O) groups excluding carboxylic acids is 1. The van der Waals surface area contributed by atoms with Crippen LogP contribution in [0.2, 0.25) is 0 Å². The normalized spacial score (nSPS) is 10.1. The summed E-state index contributed by atoms with van der Waals surface area (Å²) < 4.78 is 23.3. The van der Waals surface area contributed by atoms with Crippen molar-refractivity contribution >= 4 is 17.3 Å². The summed E-state index contributed by atoms with van der Waals surface area (Å²) in [5.41, 5.74) is 1.37. The molecule has 0 saturated heterocycles. The Balaban J connectivity index is 2.00. The van der Waals surface area contributed by atoms with Crippen LogP contribution in [-0.2, 0) is 4.79 Å². The van der Waals surface area contributed by atoms with Crippen molar-refractivity contribution in [2.45, 2.75) is 0 Å². The highest BCUT2D eigenvalue weighted by Gasteiger charge is 2.10. The highest BCUT2D eigenvalue weighted by atomic mass is 19.1. The first-order valence-corrected chi connectivity index (χ1v) is 7.02. The molecule has 0 spiro atoms. The summed E-state index contributed by atoms with van der Waals surface area (Å²) in [6.07, 6.45) is 0. The number of nitrogens with one attached hydrogen (secondary N) is 1. The van der Waals surface area contributed by atoms with Gasteiger partial charge >= 0.3 is 0 Å². The summed E-state index contributed by atoms with van der Waals surface area (Å²) in [6, 6.07) is 11.1. The average molecular weight is 318 g/mol. The summed E-state index contributed by atoms with van der Waals surface area (Å²) >= 11 is 0. The fraction of sp³-hybridized carbons (Fsp3) is 0.235. The van der Waals surface area contributed by atoms with Crippen LogP contribution in [0.4, 0.5) is 15.8 Å². The Morgan fingerprint density at radius 1 is 1.09 bits per heavy atom. The molecule has 0 heterocycles. The van der Waals surface area contributed by atoms with E-state index in [9.17, 15) is 9.18 Å². The minimum absolute atomic E-state index is 0.139. The highest BCUT2D eigenvalue weighted by Crippen LogP contribution is 2.29. The monoisotopic (exact) mass is 318 g/mol. The minimum atomic E-state index is -0.308. The molecule has 0 bridgehead atoms. The molecule has 2 aromatic rings. The van der Waals surface area contributed by atoms with Crippen LogP contribution in [0.5, 0.6) is 11.5 Å². The van der Waals surface area contributed by atoms with Gasteiger partial charge in [-0.25, -0.2) is 4.39 Å². The molecule has 0 saturated carbocycles. The Kier molecular flexibility index (Phi) is 5.41. The van der Waals surface area contributed by atoms with Crippen LogP contribution in [0.25, 0.3) is 0 Å². The van der Waals surface area contributed by atoms with Crippen molar-refractivity contribution in [2.24, 2.45) is 0 Å². The molecule has 122 valence electrons. The third-order valence-electron chi connectivity index (χ3n) is 3.32. The van der Waals surface area contributed by atoms with Gasteiger partial charge in [0, 0.05) is 24.5 Å². The lowest BCUT2D eigenvalue weighted by Gasteiger charge is -2.19. The Hall–Kier alpha value is -2.76. The molecule has 0 aliphatic heterocycles. The molecule has 0 fully saturated rings. The zero-order valence-corrected chi connectivity index (χ0v) is 13.3. The lowest BCUT2D eigenvalue weighted by Crippen LogP contribution is -2.30. The molecule has 1 N–H and O–H groups in total. The van der Waals surface area contributed by atoms with Gasteiger partial charge in [-0.05, 0) is 36.4 Å². The maximum absolute atomic E-state index is 12.9. The third kappa shape index (κ3) is 4.35. The molecule has 1 amide bonds. The molecular weight excluding hydrogens is 299 g/mol. The van der Waals surface area contributed by atoms with E-state index >= 15 is 0 Å². The van der Waals surface area contributed by atoms with Gasteiger partial charge in [-0.2, -0.15) is 0 Å². The molecule has 5 nitrogen and oxygen atoms in total. The van der Waals surface area contributed by atoms with Gasteiger partial charge in [-0.15, -0.1) is 0 Å².